The standard InChI is InChI=1S/C10H13BrClN/c1-3-7(2)13-10-6-8(12)4-5-9(10)11/h4-7,13H,3H2,1-2H3. The predicted molar refractivity (Wildman–Crippen MR) is 62.5 cm³/mol. The van der Waals surface area contributed by atoms with Crippen molar-refractivity contribution in [1.29, 1.82) is 0 Å². The van der Waals surface area contributed by atoms with Gasteiger partial charge < -0.3 is 5.32 Å². The Bertz CT molecular complexity index is 288. The molecule has 1 atom stereocenters. The third kappa shape index (κ3) is 3.20. The molecule has 0 aromatic heterocycles. The van der Waals surface area contributed by atoms with Crippen LogP contribution in [0.5, 0.6) is 0 Å². The number of hydrogen-bond acceptors (Lipinski definition) is 1. The van der Waals surface area contributed by atoms with E-state index in [4.69, 9.17) is 11.6 Å². The number of halogens is 2. The summed E-state index contributed by atoms with van der Waals surface area (Å²) in [6.45, 7) is 4.30. The molecule has 3 heteroatoms. The maximum Gasteiger partial charge on any atom is 0.0501 e. The maximum absolute atomic E-state index is 5.88. The molecule has 0 saturated heterocycles. The van der Waals surface area contributed by atoms with Gasteiger partial charge in [0.05, 0.1) is 5.69 Å². The van der Waals surface area contributed by atoms with E-state index < -0.39 is 0 Å². The van der Waals surface area contributed by atoms with Crippen molar-refractivity contribution in [2.75, 3.05) is 5.32 Å². The fourth-order valence-electron chi connectivity index (χ4n) is 0.976. The van der Waals surface area contributed by atoms with Crippen LogP contribution < -0.4 is 5.32 Å². The molecule has 0 saturated carbocycles. The van der Waals surface area contributed by atoms with Crippen molar-refractivity contribution in [3.8, 4) is 0 Å². The normalized spacial score (nSPS) is 12.6. The third-order valence-electron chi connectivity index (χ3n) is 1.94. The highest BCUT2D eigenvalue weighted by Gasteiger charge is 2.03. The molecule has 0 bridgehead atoms. The molecule has 0 fully saturated rings. The third-order valence-corrected chi connectivity index (χ3v) is 2.87. The van der Waals surface area contributed by atoms with E-state index in [1.165, 1.54) is 0 Å². The molecule has 1 aromatic rings. The van der Waals surface area contributed by atoms with Crippen LogP contribution in [0.2, 0.25) is 5.02 Å². The first-order chi connectivity index (χ1) is 6.13. The van der Waals surface area contributed by atoms with Crippen LogP contribution >= 0.6 is 27.5 Å². The number of anilines is 1. The first kappa shape index (κ1) is 10.9. The van der Waals surface area contributed by atoms with Crippen molar-refractivity contribution in [2.24, 2.45) is 0 Å². The Labute approximate surface area is 92.6 Å². The molecule has 0 heterocycles. The Hall–Kier alpha value is -0.210. The van der Waals surface area contributed by atoms with Crippen molar-refractivity contribution in [2.45, 2.75) is 26.3 Å². The smallest absolute Gasteiger partial charge is 0.0501 e. The van der Waals surface area contributed by atoms with Gasteiger partial charge >= 0.3 is 0 Å². The lowest BCUT2D eigenvalue weighted by Crippen LogP contribution is -2.13. The van der Waals surface area contributed by atoms with Crippen LogP contribution in [-0.2, 0) is 0 Å². The molecule has 0 radical (unpaired) electrons. The fourth-order valence-corrected chi connectivity index (χ4v) is 1.51. The second-order valence-electron chi connectivity index (χ2n) is 3.08. The summed E-state index contributed by atoms with van der Waals surface area (Å²) in [5, 5.41) is 4.13. The van der Waals surface area contributed by atoms with Crippen LogP contribution in [0, 0.1) is 0 Å². The van der Waals surface area contributed by atoms with Gasteiger partial charge in [-0.05, 0) is 47.5 Å². The zero-order chi connectivity index (χ0) is 9.84. The molecular formula is C10H13BrClN. The van der Waals surface area contributed by atoms with Crippen LogP contribution in [-0.4, -0.2) is 6.04 Å². The lowest BCUT2D eigenvalue weighted by atomic mass is 10.2. The van der Waals surface area contributed by atoms with Crippen LogP contribution in [0.3, 0.4) is 0 Å². The number of benzene rings is 1. The van der Waals surface area contributed by atoms with E-state index in [1.54, 1.807) is 0 Å². The molecule has 1 aromatic carbocycles. The van der Waals surface area contributed by atoms with Gasteiger partial charge in [-0.3, -0.25) is 0 Å². The first-order valence-corrected chi connectivity index (χ1v) is 5.52. The molecule has 0 aliphatic heterocycles. The van der Waals surface area contributed by atoms with E-state index in [0.29, 0.717) is 6.04 Å². The van der Waals surface area contributed by atoms with E-state index >= 15 is 0 Å². The zero-order valence-corrected chi connectivity index (χ0v) is 10.1. The molecular weight excluding hydrogens is 249 g/mol. The Balaban J connectivity index is 2.81. The van der Waals surface area contributed by atoms with E-state index in [9.17, 15) is 0 Å². The molecule has 0 aliphatic carbocycles. The fraction of sp³-hybridized carbons (Fsp3) is 0.400. The van der Waals surface area contributed by atoms with Crippen molar-refractivity contribution in [1.82, 2.24) is 0 Å². The summed E-state index contributed by atoms with van der Waals surface area (Å²) in [4.78, 5) is 0. The van der Waals surface area contributed by atoms with Gasteiger partial charge in [0.25, 0.3) is 0 Å². The molecule has 1 unspecified atom stereocenters. The molecule has 1 rings (SSSR count). The minimum absolute atomic E-state index is 0.467. The lowest BCUT2D eigenvalue weighted by Gasteiger charge is -2.14. The monoisotopic (exact) mass is 261 g/mol. The molecule has 13 heavy (non-hydrogen) atoms. The topological polar surface area (TPSA) is 12.0 Å². The van der Waals surface area contributed by atoms with Crippen molar-refractivity contribution in [3.63, 3.8) is 0 Å². The summed E-state index contributed by atoms with van der Waals surface area (Å²) < 4.78 is 1.05. The number of hydrogen-bond donors (Lipinski definition) is 1. The van der Waals surface area contributed by atoms with Crippen LogP contribution in [0.4, 0.5) is 5.69 Å². The SMILES string of the molecule is CCC(C)Nc1cc(Cl)ccc1Br. The molecule has 0 aliphatic rings. The maximum atomic E-state index is 5.88. The average molecular weight is 263 g/mol. The van der Waals surface area contributed by atoms with Crippen molar-refractivity contribution < 1.29 is 0 Å². The first-order valence-electron chi connectivity index (χ1n) is 4.35. The van der Waals surface area contributed by atoms with Crippen molar-refractivity contribution >= 4 is 33.2 Å². The molecule has 0 spiro atoms. The number of nitrogens with one attached hydrogen (secondary N) is 1. The van der Waals surface area contributed by atoms with E-state index in [2.05, 4.69) is 35.1 Å². The van der Waals surface area contributed by atoms with Gasteiger partial charge in [-0.15, -0.1) is 0 Å². The van der Waals surface area contributed by atoms with Gasteiger partial charge in [-0.25, -0.2) is 0 Å². The summed E-state index contributed by atoms with van der Waals surface area (Å²) in [6, 6.07) is 6.22. The van der Waals surface area contributed by atoms with Gasteiger partial charge in [-0.2, -0.15) is 0 Å². The summed E-state index contributed by atoms with van der Waals surface area (Å²) in [5.74, 6) is 0. The molecule has 1 N–H and O–H groups in total. The van der Waals surface area contributed by atoms with Crippen LogP contribution in [0.25, 0.3) is 0 Å². The van der Waals surface area contributed by atoms with Gasteiger partial charge in [0.2, 0.25) is 0 Å². The zero-order valence-electron chi connectivity index (χ0n) is 7.77. The minimum Gasteiger partial charge on any atom is -0.382 e. The lowest BCUT2D eigenvalue weighted by molar-refractivity contribution is 0.763. The Morgan fingerprint density at radius 3 is 2.85 bits per heavy atom. The summed E-state index contributed by atoms with van der Waals surface area (Å²) in [7, 11) is 0. The summed E-state index contributed by atoms with van der Waals surface area (Å²) >= 11 is 9.35. The van der Waals surface area contributed by atoms with Crippen LogP contribution in [0.15, 0.2) is 22.7 Å². The van der Waals surface area contributed by atoms with Gasteiger partial charge in [-0.1, -0.05) is 18.5 Å². The van der Waals surface area contributed by atoms with Crippen molar-refractivity contribution in [3.05, 3.63) is 27.7 Å². The highest BCUT2D eigenvalue weighted by atomic mass is 79.9. The molecule has 72 valence electrons. The Morgan fingerprint density at radius 1 is 1.54 bits per heavy atom. The van der Waals surface area contributed by atoms with E-state index in [0.717, 1.165) is 21.6 Å². The van der Waals surface area contributed by atoms with E-state index in [1.807, 2.05) is 18.2 Å². The quantitative estimate of drug-likeness (QED) is 0.856. The molecule has 0 amide bonds. The van der Waals surface area contributed by atoms with Crippen LogP contribution in [0.1, 0.15) is 20.3 Å². The Kier molecular flexibility index (Phi) is 4.07. The summed E-state index contributed by atoms with van der Waals surface area (Å²) in [6.07, 6.45) is 1.10. The van der Waals surface area contributed by atoms with Gasteiger partial charge in [0, 0.05) is 15.5 Å². The van der Waals surface area contributed by atoms with Gasteiger partial charge in [0.15, 0.2) is 0 Å². The van der Waals surface area contributed by atoms with Gasteiger partial charge in [0.1, 0.15) is 0 Å². The molecule has 1 nitrogen and oxygen atoms in total. The summed E-state index contributed by atoms with van der Waals surface area (Å²) in [5.41, 5.74) is 1.06. The average Bonchev–Trinajstić information content (AvgIpc) is 2.11. The highest BCUT2D eigenvalue weighted by molar-refractivity contribution is 9.10. The minimum atomic E-state index is 0.467. The Morgan fingerprint density at radius 2 is 2.23 bits per heavy atom. The largest absolute Gasteiger partial charge is 0.382 e. The highest BCUT2D eigenvalue weighted by Crippen LogP contribution is 2.26. The second kappa shape index (κ2) is 4.87. The number of rotatable bonds is 3. The van der Waals surface area contributed by atoms with E-state index in [-0.39, 0.29) is 0 Å². The predicted octanol–water partition coefficient (Wildman–Crippen LogP) is 4.31. The second-order valence-corrected chi connectivity index (χ2v) is 4.37.